The first kappa shape index (κ1) is 28.1. The highest BCUT2D eigenvalue weighted by Gasteiger charge is 2.00. The van der Waals surface area contributed by atoms with Gasteiger partial charge in [-0.2, -0.15) is 0 Å². The molecule has 0 atom stereocenters. The van der Waals surface area contributed by atoms with Crippen LogP contribution >= 0.6 is 0 Å². The van der Waals surface area contributed by atoms with E-state index in [2.05, 4.69) is 109 Å². The molecule has 4 aliphatic carbocycles. The molecule has 0 nitrogen and oxygen atoms in total. The van der Waals surface area contributed by atoms with E-state index < -0.39 is 0 Å². The van der Waals surface area contributed by atoms with E-state index in [-0.39, 0.29) is 0 Å². The molecule has 182 valence electrons. The van der Waals surface area contributed by atoms with Crippen molar-refractivity contribution in [1.29, 1.82) is 0 Å². The summed E-state index contributed by atoms with van der Waals surface area (Å²) in [6.45, 7) is 0. The Morgan fingerprint density at radius 2 is 0.667 bits per heavy atom. The van der Waals surface area contributed by atoms with Crippen LogP contribution < -0.4 is 0 Å². The van der Waals surface area contributed by atoms with E-state index in [1.165, 1.54) is 11.1 Å². The minimum atomic E-state index is 1.12. The average Bonchev–Trinajstić information content (AvgIpc) is 3.80. The van der Waals surface area contributed by atoms with Gasteiger partial charge in [0.15, 0.2) is 0 Å². The maximum absolute atomic E-state index is 2.20. The standard InChI is InChI=1S/C9H8.2C6H6.3C5H6/c1-2-5-9-7-3-6-8(9)4-1;2*1-2-4-6-5-3-1;3*1-2-4-5-3-1/h1-6H,7H2;2*1-6H;3*1-4H,5H2. The molecule has 0 heteroatoms. The summed E-state index contributed by atoms with van der Waals surface area (Å²) in [5.74, 6) is 0. The van der Waals surface area contributed by atoms with E-state index in [0.29, 0.717) is 0 Å². The van der Waals surface area contributed by atoms with Gasteiger partial charge in [0.05, 0.1) is 0 Å². The van der Waals surface area contributed by atoms with Crippen LogP contribution in [-0.2, 0) is 6.42 Å². The SMILES string of the molecule is C1=CCC=C1.C1=CCC=C1.C1=CCC=C1.C1=Cc2ccccc2C1.c1ccccc1.c1ccccc1. The molecular weight excluding hydrogens is 432 g/mol. The molecule has 0 fully saturated rings. The molecule has 7 rings (SSSR count). The van der Waals surface area contributed by atoms with Crippen molar-refractivity contribution in [3.8, 4) is 0 Å². The second-order valence-corrected chi connectivity index (χ2v) is 7.89. The van der Waals surface area contributed by atoms with E-state index in [0.717, 1.165) is 25.7 Å². The van der Waals surface area contributed by atoms with Crippen molar-refractivity contribution in [3.63, 3.8) is 0 Å². The lowest BCUT2D eigenvalue weighted by atomic mass is 10.1. The Bertz CT molecular complexity index is 940. The van der Waals surface area contributed by atoms with Crippen LogP contribution in [0.3, 0.4) is 0 Å². The molecule has 0 amide bonds. The second kappa shape index (κ2) is 21.4. The number of fused-ring (bicyclic) bond motifs is 1. The fourth-order valence-electron chi connectivity index (χ4n) is 3.14. The predicted molar refractivity (Wildman–Crippen MR) is 161 cm³/mol. The van der Waals surface area contributed by atoms with Gasteiger partial charge in [0, 0.05) is 0 Å². The van der Waals surface area contributed by atoms with Gasteiger partial charge in [-0.25, -0.2) is 0 Å². The van der Waals surface area contributed by atoms with Crippen LogP contribution in [0.4, 0.5) is 0 Å². The first-order valence-electron chi connectivity index (χ1n) is 12.7. The molecule has 0 heterocycles. The summed E-state index contributed by atoms with van der Waals surface area (Å²) in [6, 6.07) is 32.5. The molecular formula is C36H38. The van der Waals surface area contributed by atoms with Gasteiger partial charge in [-0.15, -0.1) is 0 Å². The van der Waals surface area contributed by atoms with Gasteiger partial charge in [0.25, 0.3) is 0 Å². The van der Waals surface area contributed by atoms with Crippen LogP contribution in [0.25, 0.3) is 6.08 Å². The quantitative estimate of drug-likeness (QED) is 0.306. The van der Waals surface area contributed by atoms with Crippen molar-refractivity contribution in [2.24, 2.45) is 0 Å². The van der Waals surface area contributed by atoms with E-state index in [1.54, 1.807) is 0 Å². The van der Waals surface area contributed by atoms with Crippen LogP contribution in [0.5, 0.6) is 0 Å². The van der Waals surface area contributed by atoms with E-state index in [1.807, 2.05) is 72.8 Å². The van der Waals surface area contributed by atoms with Gasteiger partial charge in [-0.3, -0.25) is 0 Å². The maximum Gasteiger partial charge on any atom is -0.00882 e. The molecule has 0 spiro atoms. The molecule has 4 aliphatic rings. The summed E-state index contributed by atoms with van der Waals surface area (Å²) in [4.78, 5) is 0. The average molecular weight is 471 g/mol. The van der Waals surface area contributed by atoms with Gasteiger partial charge in [-0.1, -0.05) is 182 Å². The summed E-state index contributed by atoms with van der Waals surface area (Å²) in [5.41, 5.74) is 2.84. The Morgan fingerprint density at radius 1 is 0.333 bits per heavy atom. The van der Waals surface area contributed by atoms with Crippen LogP contribution in [0.15, 0.2) is 176 Å². The Kier molecular flexibility index (Phi) is 16.7. The van der Waals surface area contributed by atoms with Crippen LogP contribution in [-0.4, -0.2) is 0 Å². The zero-order valence-corrected chi connectivity index (χ0v) is 21.1. The van der Waals surface area contributed by atoms with Crippen molar-refractivity contribution in [2.75, 3.05) is 0 Å². The second-order valence-electron chi connectivity index (χ2n) is 7.89. The number of benzene rings is 3. The number of rotatable bonds is 0. The van der Waals surface area contributed by atoms with Gasteiger partial charge >= 0.3 is 0 Å². The number of hydrogen-bond acceptors (Lipinski definition) is 0. The molecule has 0 N–H and O–H groups in total. The van der Waals surface area contributed by atoms with Crippen LogP contribution in [0, 0.1) is 0 Å². The maximum atomic E-state index is 2.20. The van der Waals surface area contributed by atoms with Crippen LogP contribution in [0.2, 0.25) is 0 Å². The third-order valence-electron chi connectivity index (χ3n) is 4.99. The fourth-order valence-corrected chi connectivity index (χ4v) is 3.14. The number of allylic oxidation sites excluding steroid dienone is 13. The Balaban J connectivity index is 0.000000155. The zero-order chi connectivity index (χ0) is 25.2. The van der Waals surface area contributed by atoms with Gasteiger partial charge in [0.1, 0.15) is 0 Å². The third-order valence-corrected chi connectivity index (χ3v) is 4.99. The highest BCUT2D eigenvalue weighted by atomic mass is 14.0. The Morgan fingerprint density at radius 3 is 0.944 bits per heavy atom. The van der Waals surface area contributed by atoms with E-state index in [9.17, 15) is 0 Å². The fraction of sp³-hybridized carbons (Fsp3) is 0.111. The minimum absolute atomic E-state index is 1.12. The molecule has 0 unspecified atom stereocenters. The molecule has 0 aromatic heterocycles. The van der Waals surface area contributed by atoms with Crippen molar-refractivity contribution in [3.05, 3.63) is 187 Å². The lowest BCUT2D eigenvalue weighted by Crippen LogP contribution is -1.76. The van der Waals surface area contributed by atoms with E-state index >= 15 is 0 Å². The van der Waals surface area contributed by atoms with Crippen LogP contribution in [0.1, 0.15) is 30.4 Å². The summed E-state index contributed by atoms with van der Waals surface area (Å²) >= 11 is 0. The largest absolute Gasteiger partial charge is 0.0808 e. The smallest absolute Gasteiger partial charge is 0.00882 e. The molecule has 0 bridgehead atoms. The molecule has 0 radical (unpaired) electrons. The zero-order valence-electron chi connectivity index (χ0n) is 21.1. The third kappa shape index (κ3) is 15.6. The summed E-state index contributed by atoms with van der Waals surface area (Å²) in [6.07, 6.45) is 34.0. The van der Waals surface area contributed by atoms with Crippen molar-refractivity contribution in [2.45, 2.75) is 25.7 Å². The Labute approximate surface area is 218 Å². The highest BCUT2D eigenvalue weighted by Crippen LogP contribution is 2.17. The van der Waals surface area contributed by atoms with E-state index in [4.69, 9.17) is 0 Å². The summed E-state index contributed by atoms with van der Waals surface area (Å²) in [7, 11) is 0. The number of hydrogen-bond donors (Lipinski definition) is 0. The topological polar surface area (TPSA) is 0 Å². The first-order valence-corrected chi connectivity index (χ1v) is 12.7. The summed E-state index contributed by atoms with van der Waals surface area (Å²) < 4.78 is 0. The first-order chi connectivity index (χ1) is 18.0. The van der Waals surface area contributed by atoms with Gasteiger partial charge < -0.3 is 0 Å². The van der Waals surface area contributed by atoms with Gasteiger partial charge in [-0.05, 0) is 36.8 Å². The lowest BCUT2D eigenvalue weighted by molar-refractivity contribution is 1.31. The minimum Gasteiger partial charge on any atom is -0.0808 e. The molecule has 0 aliphatic heterocycles. The molecule has 3 aromatic carbocycles. The van der Waals surface area contributed by atoms with Gasteiger partial charge in [0.2, 0.25) is 0 Å². The molecule has 36 heavy (non-hydrogen) atoms. The monoisotopic (exact) mass is 470 g/mol. The van der Waals surface area contributed by atoms with Crippen molar-refractivity contribution < 1.29 is 0 Å². The summed E-state index contributed by atoms with van der Waals surface area (Å²) in [5, 5.41) is 0. The molecule has 0 saturated carbocycles. The molecule has 3 aromatic rings. The molecule has 0 saturated heterocycles. The lowest BCUT2D eigenvalue weighted by Gasteiger charge is -1.93. The van der Waals surface area contributed by atoms with Crippen molar-refractivity contribution >= 4 is 6.08 Å². The van der Waals surface area contributed by atoms with Crippen molar-refractivity contribution in [1.82, 2.24) is 0 Å². The highest BCUT2D eigenvalue weighted by molar-refractivity contribution is 5.59. The predicted octanol–water partition coefficient (Wildman–Crippen LogP) is 10.1. The normalized spacial score (nSPS) is 13.4. The Hall–Kier alpha value is -4.16.